The highest BCUT2D eigenvalue weighted by molar-refractivity contribution is 7.12. The number of rotatable bonds is 15. The quantitative estimate of drug-likeness (QED) is 0.167. The largest absolute Gasteiger partial charge is 0.512 e. The SMILES string of the molecule is COC(=C\O)/C=c1/sc(C(=O)CCC(C)=O)c/c1=C(\F)CCCOc1cc2c(cc1OC)CN(C(=O)CCC(C)C)C2. The first-order valence-electron chi connectivity index (χ1n) is 14.1. The van der Waals surface area contributed by atoms with E-state index < -0.39 is 5.83 Å². The number of hydrogen-bond donors (Lipinski definition) is 1. The van der Waals surface area contributed by atoms with E-state index in [-0.39, 0.29) is 54.3 Å². The fourth-order valence-corrected chi connectivity index (χ4v) is 5.61. The molecule has 8 nitrogen and oxygen atoms in total. The second-order valence-corrected chi connectivity index (χ2v) is 11.8. The number of Topliss-reactive ketones (excluding diaryl/α,β-unsaturated/α-hetero) is 2. The number of carbonyl (C=O) groups excluding carboxylic acids is 3. The van der Waals surface area contributed by atoms with Crippen LogP contribution in [0.3, 0.4) is 0 Å². The van der Waals surface area contributed by atoms with Gasteiger partial charge in [-0.25, -0.2) is 4.39 Å². The van der Waals surface area contributed by atoms with Crippen LogP contribution >= 0.6 is 11.3 Å². The Labute approximate surface area is 250 Å². The number of nitrogens with zero attached hydrogens (tertiary/aromatic N) is 1. The van der Waals surface area contributed by atoms with Crippen LogP contribution in [0.4, 0.5) is 4.39 Å². The number of methoxy groups -OCH3 is 2. The highest BCUT2D eigenvalue weighted by atomic mass is 32.1. The molecule has 1 N–H and O–H groups in total. The monoisotopic (exact) mass is 601 g/mol. The molecule has 0 saturated carbocycles. The lowest BCUT2D eigenvalue weighted by Crippen LogP contribution is -2.25. The van der Waals surface area contributed by atoms with Gasteiger partial charge in [-0.05, 0) is 55.0 Å². The van der Waals surface area contributed by atoms with Gasteiger partial charge in [-0.1, -0.05) is 13.8 Å². The van der Waals surface area contributed by atoms with E-state index in [1.807, 2.05) is 17.0 Å². The molecule has 0 radical (unpaired) electrons. The second-order valence-electron chi connectivity index (χ2n) is 10.7. The van der Waals surface area contributed by atoms with Crippen molar-refractivity contribution < 1.29 is 38.1 Å². The van der Waals surface area contributed by atoms with Crippen molar-refractivity contribution >= 4 is 40.7 Å². The number of benzene rings is 1. The molecule has 0 spiro atoms. The molecule has 228 valence electrons. The van der Waals surface area contributed by atoms with Crippen molar-refractivity contribution in [3.8, 4) is 11.5 Å². The van der Waals surface area contributed by atoms with E-state index in [0.29, 0.717) is 52.8 Å². The number of ketones is 2. The van der Waals surface area contributed by atoms with Crippen LogP contribution in [-0.2, 0) is 27.4 Å². The van der Waals surface area contributed by atoms with Gasteiger partial charge in [0.05, 0.1) is 25.7 Å². The third kappa shape index (κ3) is 8.92. The number of hydrogen-bond acceptors (Lipinski definition) is 8. The molecule has 1 aliphatic rings. The minimum Gasteiger partial charge on any atom is -0.512 e. The van der Waals surface area contributed by atoms with Gasteiger partial charge in [0, 0.05) is 54.6 Å². The van der Waals surface area contributed by atoms with E-state index in [4.69, 9.17) is 14.2 Å². The van der Waals surface area contributed by atoms with Gasteiger partial charge in [0.25, 0.3) is 0 Å². The van der Waals surface area contributed by atoms with Crippen LogP contribution in [-0.4, -0.2) is 48.3 Å². The van der Waals surface area contributed by atoms with Crippen LogP contribution < -0.4 is 19.2 Å². The summed E-state index contributed by atoms with van der Waals surface area (Å²) in [7, 11) is 2.93. The fraction of sp³-hybridized carbons (Fsp3) is 0.469. The zero-order valence-corrected chi connectivity index (χ0v) is 25.8. The van der Waals surface area contributed by atoms with Gasteiger partial charge in [-0.2, -0.15) is 0 Å². The van der Waals surface area contributed by atoms with Crippen LogP contribution in [0.25, 0.3) is 11.9 Å². The van der Waals surface area contributed by atoms with Gasteiger partial charge in [-0.3, -0.25) is 9.59 Å². The Kier molecular flexibility index (Phi) is 12.2. The van der Waals surface area contributed by atoms with Gasteiger partial charge in [0.1, 0.15) is 17.9 Å². The topological polar surface area (TPSA) is 102 Å². The van der Waals surface area contributed by atoms with Crippen LogP contribution in [0.2, 0.25) is 0 Å². The number of carbonyl (C=O) groups is 3. The molecule has 2 aromatic rings. The van der Waals surface area contributed by atoms with Crippen molar-refractivity contribution in [1.82, 2.24) is 4.90 Å². The Morgan fingerprint density at radius 1 is 1.05 bits per heavy atom. The lowest BCUT2D eigenvalue weighted by molar-refractivity contribution is -0.132. The number of aliphatic hydroxyl groups is 1. The second kappa shape index (κ2) is 15.5. The molecule has 10 heteroatoms. The molecular weight excluding hydrogens is 561 g/mol. The number of ether oxygens (including phenoxy) is 3. The number of amides is 1. The lowest BCUT2D eigenvalue weighted by Gasteiger charge is -2.15. The predicted octanol–water partition coefficient (Wildman–Crippen LogP) is 5.35. The van der Waals surface area contributed by atoms with Gasteiger partial charge in [0.2, 0.25) is 5.91 Å². The normalized spacial score (nSPS) is 14.2. The maximum absolute atomic E-state index is 15.4. The highest BCUT2D eigenvalue weighted by Crippen LogP contribution is 2.35. The van der Waals surface area contributed by atoms with Crippen LogP contribution in [0, 0.1) is 5.92 Å². The van der Waals surface area contributed by atoms with E-state index in [1.54, 1.807) is 7.11 Å². The molecule has 2 heterocycles. The third-order valence-electron chi connectivity index (χ3n) is 6.96. The third-order valence-corrected chi connectivity index (χ3v) is 8.09. The molecule has 0 atom stereocenters. The van der Waals surface area contributed by atoms with E-state index in [2.05, 4.69) is 13.8 Å². The molecule has 0 saturated heterocycles. The molecule has 0 bridgehead atoms. The standard InChI is InChI=1S/C32H40FNO7S/c1-20(2)8-11-32(38)34-17-22-13-28(40-5)29(14-23(22)18-34)41-12-6-7-26(33)25-16-31(27(37)10-9-21(3)36)42-30(25)15-24(19-35)39-4/h13-16,19-20,35H,6-12,17-18H2,1-5H3/b24-19-,26-25+,30-15+. The Balaban J connectivity index is 1.72. The summed E-state index contributed by atoms with van der Waals surface area (Å²) in [6.07, 6.45) is 4.16. The molecule has 0 unspecified atom stereocenters. The maximum atomic E-state index is 15.4. The summed E-state index contributed by atoms with van der Waals surface area (Å²) >= 11 is 1.08. The van der Waals surface area contributed by atoms with Gasteiger partial charge < -0.3 is 29.0 Å². The Morgan fingerprint density at radius 3 is 2.33 bits per heavy atom. The average Bonchev–Trinajstić information content (AvgIpc) is 3.59. The number of thiophene rings is 1. The molecule has 1 aromatic heterocycles. The molecule has 0 aliphatic carbocycles. The summed E-state index contributed by atoms with van der Waals surface area (Å²) in [6.45, 7) is 6.90. The maximum Gasteiger partial charge on any atom is 0.223 e. The van der Waals surface area contributed by atoms with Crippen molar-refractivity contribution in [3.05, 3.63) is 56.0 Å². The first-order valence-corrected chi connectivity index (χ1v) is 14.9. The first kappa shape index (κ1) is 32.8. The molecule has 42 heavy (non-hydrogen) atoms. The predicted molar refractivity (Wildman–Crippen MR) is 161 cm³/mol. The Morgan fingerprint density at radius 2 is 1.74 bits per heavy atom. The molecule has 1 aliphatic heterocycles. The number of aliphatic hydroxyl groups excluding tert-OH is 1. The summed E-state index contributed by atoms with van der Waals surface area (Å²) in [5.74, 6) is 1.03. The molecule has 0 fully saturated rings. The zero-order valence-electron chi connectivity index (χ0n) is 25.0. The number of allylic oxidation sites excluding steroid dienone is 1. The van der Waals surface area contributed by atoms with Crippen molar-refractivity contribution in [2.75, 3.05) is 20.8 Å². The van der Waals surface area contributed by atoms with Gasteiger partial charge in [-0.15, -0.1) is 11.3 Å². The van der Waals surface area contributed by atoms with E-state index in [1.165, 1.54) is 26.2 Å². The number of fused-ring (bicyclic) bond motifs is 1. The van der Waals surface area contributed by atoms with Crippen molar-refractivity contribution in [3.63, 3.8) is 0 Å². The van der Waals surface area contributed by atoms with Gasteiger partial charge in [0.15, 0.2) is 23.0 Å². The molecule has 1 aromatic carbocycles. The molecule has 1 amide bonds. The summed E-state index contributed by atoms with van der Waals surface area (Å²) in [6, 6.07) is 5.27. The highest BCUT2D eigenvalue weighted by Gasteiger charge is 2.25. The van der Waals surface area contributed by atoms with Crippen molar-refractivity contribution in [2.24, 2.45) is 5.92 Å². The van der Waals surface area contributed by atoms with E-state index in [9.17, 15) is 19.5 Å². The lowest BCUT2D eigenvalue weighted by atomic mass is 10.1. The zero-order chi connectivity index (χ0) is 30.8. The minimum absolute atomic E-state index is 0.0453. The van der Waals surface area contributed by atoms with Crippen LogP contribution in [0.5, 0.6) is 11.5 Å². The smallest absolute Gasteiger partial charge is 0.223 e. The van der Waals surface area contributed by atoms with E-state index >= 15 is 4.39 Å². The van der Waals surface area contributed by atoms with E-state index in [0.717, 1.165) is 35.1 Å². The molecular formula is C32H40FNO7S. The Hall–Kier alpha value is -3.66. The summed E-state index contributed by atoms with van der Waals surface area (Å²) in [5, 5.41) is 9.62. The van der Waals surface area contributed by atoms with Crippen molar-refractivity contribution in [1.29, 1.82) is 0 Å². The Bertz CT molecular complexity index is 1440. The minimum atomic E-state index is -0.434. The van der Waals surface area contributed by atoms with Gasteiger partial charge >= 0.3 is 0 Å². The number of halogens is 1. The molecule has 3 rings (SSSR count). The first-order chi connectivity index (χ1) is 20.1. The van der Waals surface area contributed by atoms with Crippen LogP contribution in [0.15, 0.2) is 30.2 Å². The van der Waals surface area contributed by atoms with Crippen LogP contribution in [0.1, 0.15) is 80.1 Å². The summed E-state index contributed by atoms with van der Waals surface area (Å²) < 4.78 is 32.4. The summed E-state index contributed by atoms with van der Waals surface area (Å²) in [4.78, 5) is 38.7. The fourth-order valence-electron chi connectivity index (χ4n) is 4.52. The average molecular weight is 602 g/mol. The van der Waals surface area contributed by atoms with Crippen molar-refractivity contribution in [2.45, 2.75) is 72.4 Å². The summed E-state index contributed by atoms with van der Waals surface area (Å²) in [5.41, 5.74) is 2.03.